The number of aryl methyl sites for hydroxylation is 1. The van der Waals surface area contributed by atoms with Crippen LogP contribution in [0.5, 0.6) is 0 Å². The van der Waals surface area contributed by atoms with Crippen LogP contribution in [0.3, 0.4) is 0 Å². The molecule has 0 spiro atoms. The van der Waals surface area contributed by atoms with Gasteiger partial charge in [0, 0.05) is 36.2 Å². The number of nitrogens with zero attached hydrogens (tertiary/aromatic N) is 6. The van der Waals surface area contributed by atoms with E-state index < -0.39 is 0 Å². The Morgan fingerprint density at radius 2 is 1.88 bits per heavy atom. The second-order valence-electron chi connectivity index (χ2n) is 5.64. The summed E-state index contributed by atoms with van der Waals surface area (Å²) in [4.78, 5) is 28.4. The van der Waals surface area contributed by atoms with E-state index in [1.165, 1.54) is 11.0 Å². The molecule has 8 nitrogen and oxygen atoms in total. The molecule has 2 heterocycles. The summed E-state index contributed by atoms with van der Waals surface area (Å²) in [7, 11) is 0. The van der Waals surface area contributed by atoms with Crippen molar-refractivity contribution in [3.8, 4) is 0 Å². The average molecular weight is 393 g/mol. The zero-order valence-corrected chi connectivity index (χ0v) is 14.8. The number of hydrogen-bond donors (Lipinski definition) is 0. The second-order valence-corrected chi connectivity index (χ2v) is 6.56. The van der Waals surface area contributed by atoms with Crippen molar-refractivity contribution >= 4 is 27.7 Å². The zero-order valence-electron chi connectivity index (χ0n) is 13.2. The van der Waals surface area contributed by atoms with Crippen LogP contribution in [0.15, 0.2) is 29.0 Å². The van der Waals surface area contributed by atoms with Gasteiger partial charge >= 0.3 is 0 Å². The molecule has 0 aliphatic carbocycles. The summed E-state index contributed by atoms with van der Waals surface area (Å²) in [5.41, 5.74) is 1.64. The molecule has 1 aromatic carbocycles. The van der Waals surface area contributed by atoms with Gasteiger partial charge in [0.15, 0.2) is 0 Å². The van der Waals surface area contributed by atoms with E-state index in [9.17, 15) is 9.59 Å². The van der Waals surface area contributed by atoms with Crippen LogP contribution in [0.2, 0.25) is 0 Å². The molecule has 1 aliphatic heterocycles. The molecule has 2 aromatic rings. The maximum atomic E-state index is 12.6. The lowest BCUT2D eigenvalue weighted by molar-refractivity contribution is -0.133. The molecule has 0 atom stereocenters. The Hall–Kier alpha value is -2.29. The number of halogens is 1. The first-order valence-corrected chi connectivity index (χ1v) is 8.38. The van der Waals surface area contributed by atoms with Gasteiger partial charge in [0.05, 0.1) is 0 Å². The Bertz CT molecular complexity index is 740. The SMILES string of the molecule is Cc1cc(Br)ccc1C(=O)N1CCN(C(=O)Cn2cnnn2)CC1. The standard InChI is InChI=1S/C15H17BrN6O2/c1-11-8-12(16)2-3-13(11)15(24)21-6-4-20(5-7-21)14(23)9-22-10-17-18-19-22/h2-3,8,10H,4-7,9H2,1H3. The molecule has 0 N–H and O–H groups in total. The van der Waals surface area contributed by atoms with Gasteiger partial charge in [-0.25, -0.2) is 4.68 Å². The lowest BCUT2D eigenvalue weighted by atomic mass is 10.1. The van der Waals surface area contributed by atoms with E-state index in [0.717, 1.165) is 10.0 Å². The van der Waals surface area contributed by atoms with E-state index in [1.807, 2.05) is 25.1 Å². The van der Waals surface area contributed by atoms with Gasteiger partial charge in [-0.3, -0.25) is 9.59 Å². The van der Waals surface area contributed by atoms with Crippen molar-refractivity contribution in [2.45, 2.75) is 13.5 Å². The van der Waals surface area contributed by atoms with Gasteiger partial charge in [0.2, 0.25) is 5.91 Å². The van der Waals surface area contributed by atoms with Crippen molar-refractivity contribution in [1.82, 2.24) is 30.0 Å². The molecule has 24 heavy (non-hydrogen) atoms. The van der Waals surface area contributed by atoms with Crippen molar-refractivity contribution in [2.24, 2.45) is 0 Å². The summed E-state index contributed by atoms with van der Waals surface area (Å²) in [6, 6.07) is 5.63. The maximum Gasteiger partial charge on any atom is 0.254 e. The Balaban J connectivity index is 1.58. The Kier molecular flexibility index (Phi) is 4.89. The molecule has 1 aliphatic rings. The highest BCUT2D eigenvalue weighted by molar-refractivity contribution is 9.10. The van der Waals surface area contributed by atoms with Crippen molar-refractivity contribution in [3.05, 3.63) is 40.1 Å². The molecule has 1 saturated heterocycles. The number of carbonyl (C=O) groups excluding carboxylic acids is 2. The number of tetrazole rings is 1. The number of aromatic nitrogens is 4. The van der Waals surface area contributed by atoms with Gasteiger partial charge in [0.1, 0.15) is 12.9 Å². The number of piperazine rings is 1. The van der Waals surface area contributed by atoms with Crippen LogP contribution in [0, 0.1) is 6.92 Å². The number of rotatable bonds is 3. The summed E-state index contributed by atoms with van der Waals surface area (Å²) in [5.74, 6) is -0.0400. The first-order valence-electron chi connectivity index (χ1n) is 7.58. The lowest BCUT2D eigenvalue weighted by Crippen LogP contribution is -2.51. The predicted octanol–water partition coefficient (Wildman–Crippen LogP) is 0.729. The second kappa shape index (κ2) is 7.08. The summed E-state index contributed by atoms with van der Waals surface area (Å²) in [5, 5.41) is 10.7. The number of benzene rings is 1. The van der Waals surface area contributed by atoms with Crippen molar-refractivity contribution < 1.29 is 9.59 Å². The van der Waals surface area contributed by atoms with E-state index in [4.69, 9.17) is 0 Å². The summed E-state index contributed by atoms with van der Waals surface area (Å²) >= 11 is 3.40. The fourth-order valence-electron chi connectivity index (χ4n) is 2.69. The van der Waals surface area contributed by atoms with Crippen LogP contribution >= 0.6 is 15.9 Å². The fourth-order valence-corrected chi connectivity index (χ4v) is 3.16. The number of carbonyl (C=O) groups is 2. The first-order chi connectivity index (χ1) is 11.5. The minimum Gasteiger partial charge on any atom is -0.338 e. The molecule has 0 bridgehead atoms. The first kappa shape index (κ1) is 16.6. The molecular weight excluding hydrogens is 376 g/mol. The summed E-state index contributed by atoms with van der Waals surface area (Å²) in [6.45, 7) is 4.12. The maximum absolute atomic E-state index is 12.6. The topological polar surface area (TPSA) is 84.2 Å². The molecule has 1 aromatic heterocycles. The normalized spacial score (nSPS) is 14.8. The lowest BCUT2D eigenvalue weighted by Gasteiger charge is -2.35. The highest BCUT2D eigenvalue weighted by atomic mass is 79.9. The summed E-state index contributed by atoms with van der Waals surface area (Å²) in [6.07, 6.45) is 1.41. The number of amides is 2. The number of hydrogen-bond acceptors (Lipinski definition) is 5. The van der Waals surface area contributed by atoms with Gasteiger partial charge in [-0.2, -0.15) is 0 Å². The van der Waals surface area contributed by atoms with Gasteiger partial charge in [-0.1, -0.05) is 15.9 Å². The van der Waals surface area contributed by atoms with Gasteiger partial charge in [-0.15, -0.1) is 5.10 Å². The third-order valence-electron chi connectivity index (χ3n) is 4.03. The molecule has 9 heteroatoms. The van der Waals surface area contributed by atoms with Crippen LogP contribution in [-0.2, 0) is 11.3 Å². The zero-order chi connectivity index (χ0) is 17.1. The molecule has 1 fully saturated rings. The summed E-state index contributed by atoms with van der Waals surface area (Å²) < 4.78 is 2.35. The molecular formula is C15H17BrN6O2. The van der Waals surface area contributed by atoms with Crippen molar-refractivity contribution in [3.63, 3.8) is 0 Å². The highest BCUT2D eigenvalue weighted by Crippen LogP contribution is 2.18. The third-order valence-corrected chi connectivity index (χ3v) is 4.52. The Morgan fingerprint density at radius 1 is 1.17 bits per heavy atom. The van der Waals surface area contributed by atoms with Gasteiger partial charge in [-0.05, 0) is 41.1 Å². The van der Waals surface area contributed by atoms with E-state index >= 15 is 0 Å². The Morgan fingerprint density at radius 3 is 2.50 bits per heavy atom. The highest BCUT2D eigenvalue weighted by Gasteiger charge is 2.25. The molecule has 0 radical (unpaired) electrons. The van der Waals surface area contributed by atoms with Crippen LogP contribution in [-0.4, -0.2) is 68.0 Å². The van der Waals surface area contributed by atoms with Gasteiger partial charge < -0.3 is 9.80 Å². The van der Waals surface area contributed by atoms with Crippen molar-refractivity contribution in [2.75, 3.05) is 26.2 Å². The van der Waals surface area contributed by atoms with Crippen LogP contribution in [0.4, 0.5) is 0 Å². The largest absolute Gasteiger partial charge is 0.338 e. The fraction of sp³-hybridized carbons (Fsp3) is 0.400. The Labute approximate surface area is 147 Å². The third kappa shape index (κ3) is 3.61. The minimum absolute atomic E-state index is 0.00701. The minimum atomic E-state index is -0.0470. The van der Waals surface area contributed by atoms with E-state index in [-0.39, 0.29) is 18.4 Å². The monoisotopic (exact) mass is 392 g/mol. The van der Waals surface area contributed by atoms with Crippen LogP contribution in [0.1, 0.15) is 15.9 Å². The smallest absolute Gasteiger partial charge is 0.254 e. The molecule has 126 valence electrons. The van der Waals surface area contributed by atoms with E-state index in [1.54, 1.807) is 9.80 Å². The van der Waals surface area contributed by atoms with Crippen molar-refractivity contribution in [1.29, 1.82) is 0 Å². The average Bonchev–Trinajstić information content (AvgIpc) is 3.07. The quantitative estimate of drug-likeness (QED) is 0.768. The molecule has 0 unspecified atom stereocenters. The van der Waals surface area contributed by atoms with E-state index in [0.29, 0.717) is 31.7 Å². The van der Waals surface area contributed by atoms with Gasteiger partial charge in [0.25, 0.3) is 5.91 Å². The van der Waals surface area contributed by atoms with Crippen LogP contribution in [0.25, 0.3) is 0 Å². The van der Waals surface area contributed by atoms with E-state index in [2.05, 4.69) is 31.5 Å². The molecule has 2 amide bonds. The molecule has 0 saturated carbocycles. The molecule has 3 rings (SSSR count). The van der Waals surface area contributed by atoms with Crippen LogP contribution < -0.4 is 0 Å². The predicted molar refractivity (Wildman–Crippen MR) is 89.2 cm³/mol.